The van der Waals surface area contributed by atoms with Gasteiger partial charge in [0, 0.05) is 0 Å². The van der Waals surface area contributed by atoms with E-state index in [2.05, 4.69) is 4.98 Å². The van der Waals surface area contributed by atoms with Crippen LogP contribution >= 0.6 is 0 Å². The van der Waals surface area contributed by atoms with Gasteiger partial charge in [0.25, 0.3) is 0 Å². The molecule has 1 aromatic carbocycles. The Bertz CT molecular complexity index is 566. The van der Waals surface area contributed by atoms with Gasteiger partial charge in [0.05, 0.1) is 25.1 Å². The lowest BCUT2D eigenvalue weighted by Gasteiger charge is -2.12. The molecule has 1 atom stereocenters. The molecular weight excluding hydrogens is 254 g/mol. The van der Waals surface area contributed by atoms with E-state index in [9.17, 15) is 5.11 Å². The number of aliphatic hydroxyl groups excluding tert-OH is 1. The third kappa shape index (κ3) is 3.27. The van der Waals surface area contributed by atoms with E-state index < -0.39 is 6.10 Å². The first kappa shape index (κ1) is 14.3. The highest BCUT2D eigenvalue weighted by molar-refractivity contribution is 5.44. The second-order valence-electron chi connectivity index (χ2n) is 4.60. The third-order valence-electron chi connectivity index (χ3n) is 3.03. The Morgan fingerprint density at radius 2 is 2.00 bits per heavy atom. The number of ether oxygens (including phenoxy) is 2. The van der Waals surface area contributed by atoms with Crippen molar-refractivity contribution in [3.05, 3.63) is 47.8 Å². The van der Waals surface area contributed by atoms with Gasteiger partial charge in [-0.25, -0.2) is 0 Å². The Labute approximate surface area is 119 Å². The van der Waals surface area contributed by atoms with Gasteiger partial charge in [0.2, 0.25) is 0 Å². The van der Waals surface area contributed by atoms with Gasteiger partial charge in [-0.05, 0) is 43.2 Å². The average Bonchev–Trinajstić information content (AvgIpc) is 2.49. The van der Waals surface area contributed by atoms with E-state index >= 15 is 0 Å². The van der Waals surface area contributed by atoms with E-state index in [-0.39, 0.29) is 0 Å². The molecule has 0 spiro atoms. The minimum absolute atomic E-state index is 0.530. The van der Waals surface area contributed by atoms with Crippen LogP contribution < -0.4 is 9.47 Å². The number of aliphatic hydroxyl groups is 1. The summed E-state index contributed by atoms with van der Waals surface area (Å²) in [6.45, 7) is 3.91. The molecule has 2 aromatic rings. The topological polar surface area (TPSA) is 51.6 Å². The SMILES string of the molecule is CCC(O)c1ccc(Oc2ccc(C)cc2OC)cn1. The third-order valence-corrected chi connectivity index (χ3v) is 3.03. The molecule has 0 fully saturated rings. The molecule has 0 radical (unpaired) electrons. The molecule has 0 aliphatic carbocycles. The quantitative estimate of drug-likeness (QED) is 0.903. The lowest BCUT2D eigenvalue weighted by atomic mass is 10.2. The number of nitrogens with zero attached hydrogens (tertiary/aromatic N) is 1. The van der Waals surface area contributed by atoms with Crippen LogP contribution in [0.3, 0.4) is 0 Å². The van der Waals surface area contributed by atoms with Gasteiger partial charge in [-0.1, -0.05) is 13.0 Å². The van der Waals surface area contributed by atoms with Crippen molar-refractivity contribution in [1.82, 2.24) is 4.98 Å². The zero-order chi connectivity index (χ0) is 14.5. The molecule has 1 aromatic heterocycles. The van der Waals surface area contributed by atoms with Crippen LogP contribution in [-0.4, -0.2) is 17.2 Å². The molecule has 0 aliphatic heterocycles. The predicted octanol–water partition coefficient (Wildman–Crippen LogP) is 3.63. The van der Waals surface area contributed by atoms with Gasteiger partial charge in [0.15, 0.2) is 11.5 Å². The Morgan fingerprint density at radius 3 is 2.60 bits per heavy atom. The Hall–Kier alpha value is -2.07. The summed E-state index contributed by atoms with van der Waals surface area (Å²) in [5, 5.41) is 9.70. The lowest BCUT2D eigenvalue weighted by Crippen LogP contribution is -1.98. The number of methoxy groups -OCH3 is 1. The van der Waals surface area contributed by atoms with Crippen molar-refractivity contribution >= 4 is 0 Å². The molecule has 4 heteroatoms. The van der Waals surface area contributed by atoms with E-state index in [4.69, 9.17) is 9.47 Å². The first-order valence-corrected chi connectivity index (χ1v) is 6.60. The largest absolute Gasteiger partial charge is 0.493 e. The van der Waals surface area contributed by atoms with Crippen molar-refractivity contribution in [1.29, 1.82) is 0 Å². The number of benzene rings is 1. The summed E-state index contributed by atoms with van der Waals surface area (Å²) < 4.78 is 11.0. The van der Waals surface area contributed by atoms with E-state index in [1.807, 2.05) is 32.0 Å². The predicted molar refractivity (Wildman–Crippen MR) is 77.3 cm³/mol. The minimum Gasteiger partial charge on any atom is -0.493 e. The van der Waals surface area contributed by atoms with Crippen LogP contribution in [0.2, 0.25) is 0 Å². The monoisotopic (exact) mass is 273 g/mol. The molecule has 4 nitrogen and oxygen atoms in total. The molecular formula is C16H19NO3. The summed E-state index contributed by atoms with van der Waals surface area (Å²) in [6.07, 6.45) is 1.71. The summed E-state index contributed by atoms with van der Waals surface area (Å²) in [6, 6.07) is 9.30. The molecule has 106 valence electrons. The molecule has 0 amide bonds. The van der Waals surface area contributed by atoms with E-state index in [0.29, 0.717) is 29.4 Å². The number of hydrogen-bond donors (Lipinski definition) is 1. The fraction of sp³-hybridized carbons (Fsp3) is 0.312. The number of rotatable bonds is 5. The van der Waals surface area contributed by atoms with Crippen molar-refractivity contribution in [2.75, 3.05) is 7.11 Å². The first-order chi connectivity index (χ1) is 9.63. The second kappa shape index (κ2) is 6.39. The zero-order valence-electron chi connectivity index (χ0n) is 12.0. The van der Waals surface area contributed by atoms with Gasteiger partial charge in [-0.3, -0.25) is 4.98 Å². The summed E-state index contributed by atoms with van der Waals surface area (Å²) >= 11 is 0. The highest BCUT2D eigenvalue weighted by Gasteiger charge is 2.08. The maximum Gasteiger partial charge on any atom is 0.169 e. The maximum absolute atomic E-state index is 9.70. The molecule has 1 unspecified atom stereocenters. The van der Waals surface area contributed by atoms with Crippen LogP contribution in [0, 0.1) is 6.92 Å². The summed E-state index contributed by atoms with van der Waals surface area (Å²) in [5.74, 6) is 1.94. The van der Waals surface area contributed by atoms with Crippen molar-refractivity contribution in [2.24, 2.45) is 0 Å². The molecule has 2 rings (SSSR count). The molecule has 1 N–H and O–H groups in total. The molecule has 0 saturated carbocycles. The van der Waals surface area contributed by atoms with Crippen molar-refractivity contribution in [2.45, 2.75) is 26.4 Å². The summed E-state index contributed by atoms with van der Waals surface area (Å²) in [7, 11) is 1.61. The summed E-state index contributed by atoms with van der Waals surface area (Å²) in [5.41, 5.74) is 1.75. The fourth-order valence-electron chi connectivity index (χ4n) is 1.84. The standard InChI is InChI=1S/C16H19NO3/c1-4-14(18)13-7-6-12(10-17-13)20-15-8-5-11(2)9-16(15)19-3/h5-10,14,18H,4H2,1-3H3. The second-order valence-corrected chi connectivity index (χ2v) is 4.60. The van der Waals surface area contributed by atoms with Crippen LogP contribution in [0.25, 0.3) is 0 Å². The van der Waals surface area contributed by atoms with Crippen LogP contribution in [0.15, 0.2) is 36.5 Å². The van der Waals surface area contributed by atoms with E-state index in [0.717, 1.165) is 5.56 Å². The average molecular weight is 273 g/mol. The zero-order valence-corrected chi connectivity index (χ0v) is 12.0. The molecule has 20 heavy (non-hydrogen) atoms. The first-order valence-electron chi connectivity index (χ1n) is 6.60. The Morgan fingerprint density at radius 1 is 1.20 bits per heavy atom. The van der Waals surface area contributed by atoms with Crippen LogP contribution in [0.1, 0.15) is 30.7 Å². The van der Waals surface area contributed by atoms with Crippen molar-refractivity contribution < 1.29 is 14.6 Å². The number of pyridine rings is 1. The van der Waals surface area contributed by atoms with Gasteiger partial charge < -0.3 is 14.6 Å². The highest BCUT2D eigenvalue weighted by Crippen LogP contribution is 2.32. The minimum atomic E-state index is -0.530. The maximum atomic E-state index is 9.70. The molecule has 0 bridgehead atoms. The van der Waals surface area contributed by atoms with Gasteiger partial charge >= 0.3 is 0 Å². The number of aromatic nitrogens is 1. The smallest absolute Gasteiger partial charge is 0.169 e. The van der Waals surface area contributed by atoms with Gasteiger partial charge in [0.1, 0.15) is 5.75 Å². The molecule has 1 heterocycles. The normalized spacial score (nSPS) is 12.0. The molecule has 0 saturated heterocycles. The van der Waals surface area contributed by atoms with Crippen molar-refractivity contribution in [3.8, 4) is 17.2 Å². The molecule has 0 aliphatic rings. The Balaban J connectivity index is 2.18. The number of hydrogen-bond acceptors (Lipinski definition) is 4. The van der Waals surface area contributed by atoms with Crippen molar-refractivity contribution in [3.63, 3.8) is 0 Å². The van der Waals surface area contributed by atoms with E-state index in [1.165, 1.54) is 0 Å². The summed E-state index contributed by atoms with van der Waals surface area (Å²) in [4.78, 5) is 4.20. The van der Waals surface area contributed by atoms with Gasteiger partial charge in [-0.2, -0.15) is 0 Å². The van der Waals surface area contributed by atoms with Crippen LogP contribution in [0.5, 0.6) is 17.2 Å². The van der Waals surface area contributed by atoms with Gasteiger partial charge in [-0.15, -0.1) is 0 Å². The fourth-order valence-corrected chi connectivity index (χ4v) is 1.84. The lowest BCUT2D eigenvalue weighted by molar-refractivity contribution is 0.169. The van der Waals surface area contributed by atoms with E-state index in [1.54, 1.807) is 25.4 Å². The number of aryl methyl sites for hydroxylation is 1. The van der Waals surface area contributed by atoms with Crippen LogP contribution in [-0.2, 0) is 0 Å². The highest BCUT2D eigenvalue weighted by atomic mass is 16.5. The Kier molecular flexibility index (Phi) is 4.58. The van der Waals surface area contributed by atoms with Crippen LogP contribution in [0.4, 0.5) is 0 Å².